The number of carbonyl (C=O) groups is 1. The highest BCUT2D eigenvalue weighted by molar-refractivity contribution is 5.94. The topological polar surface area (TPSA) is 45.2 Å². The molecule has 1 aromatic rings. The van der Waals surface area contributed by atoms with Crippen molar-refractivity contribution in [1.82, 2.24) is 15.2 Å². The summed E-state index contributed by atoms with van der Waals surface area (Å²) in [6, 6.07) is 4.42. The highest BCUT2D eigenvalue weighted by atomic mass is 35.5. The van der Waals surface area contributed by atoms with E-state index < -0.39 is 0 Å². The molecule has 0 saturated carbocycles. The van der Waals surface area contributed by atoms with Crippen molar-refractivity contribution in [2.24, 2.45) is 0 Å². The molecule has 6 heteroatoms. The smallest absolute Gasteiger partial charge is 0.255 e. The zero-order valence-electron chi connectivity index (χ0n) is 11.4. The monoisotopic (exact) mass is 305 g/mol. The van der Waals surface area contributed by atoms with Crippen LogP contribution >= 0.6 is 24.8 Å². The van der Waals surface area contributed by atoms with E-state index in [0.29, 0.717) is 17.6 Å². The minimum absolute atomic E-state index is 0. The Hall–Kier alpha value is -0.840. The van der Waals surface area contributed by atoms with Gasteiger partial charge >= 0.3 is 0 Å². The molecule has 0 radical (unpaired) electrons. The normalized spacial score (nSPS) is 22.2. The molecular formula is C13H21Cl2N3O. The number of nitrogens with zero attached hydrogens (tertiary/aromatic N) is 2. The summed E-state index contributed by atoms with van der Waals surface area (Å²) in [4.78, 5) is 18.3. The third kappa shape index (κ3) is 4.64. The third-order valence-electron chi connectivity index (χ3n) is 3.00. The molecule has 2 heterocycles. The Morgan fingerprint density at radius 2 is 1.84 bits per heavy atom. The Kier molecular flexibility index (Phi) is 7.34. The van der Waals surface area contributed by atoms with Crippen LogP contribution in [-0.2, 0) is 0 Å². The summed E-state index contributed by atoms with van der Waals surface area (Å²) < 4.78 is 0. The van der Waals surface area contributed by atoms with Gasteiger partial charge in [-0.25, -0.2) is 0 Å². The van der Waals surface area contributed by atoms with Crippen LogP contribution in [0.3, 0.4) is 0 Å². The zero-order valence-corrected chi connectivity index (χ0v) is 13.1. The molecule has 1 aromatic heterocycles. The Labute approximate surface area is 126 Å². The van der Waals surface area contributed by atoms with Gasteiger partial charge in [0.15, 0.2) is 0 Å². The van der Waals surface area contributed by atoms with Crippen LogP contribution in [0.4, 0.5) is 0 Å². The maximum atomic E-state index is 12.3. The number of carbonyl (C=O) groups excluding carboxylic acids is 1. The number of rotatable bonds is 1. The van der Waals surface area contributed by atoms with Gasteiger partial charge in [-0.2, -0.15) is 0 Å². The first-order chi connectivity index (χ1) is 8.06. The molecule has 0 bridgehead atoms. The van der Waals surface area contributed by atoms with Gasteiger partial charge in [0.2, 0.25) is 0 Å². The number of hydrogen-bond donors (Lipinski definition) is 1. The molecule has 1 aliphatic heterocycles. The molecule has 0 aliphatic carbocycles. The molecule has 19 heavy (non-hydrogen) atoms. The largest absolute Gasteiger partial charge is 0.335 e. The van der Waals surface area contributed by atoms with Crippen molar-refractivity contribution in [3.05, 3.63) is 29.6 Å². The number of nitrogens with one attached hydrogen (secondary N) is 1. The minimum Gasteiger partial charge on any atom is -0.335 e. The molecule has 0 aromatic carbocycles. The Morgan fingerprint density at radius 3 is 2.32 bits per heavy atom. The number of amides is 1. The fourth-order valence-corrected chi connectivity index (χ4v) is 2.27. The van der Waals surface area contributed by atoms with E-state index in [-0.39, 0.29) is 30.7 Å². The lowest BCUT2D eigenvalue weighted by molar-refractivity contribution is 0.0673. The zero-order chi connectivity index (χ0) is 12.4. The number of halogens is 2. The predicted octanol–water partition coefficient (Wildman–Crippen LogP) is 2.06. The summed E-state index contributed by atoms with van der Waals surface area (Å²) in [6.45, 7) is 7.64. The van der Waals surface area contributed by atoms with E-state index in [4.69, 9.17) is 0 Å². The fourth-order valence-electron chi connectivity index (χ4n) is 2.27. The van der Waals surface area contributed by atoms with E-state index in [9.17, 15) is 4.79 Å². The second kappa shape index (κ2) is 7.68. The van der Waals surface area contributed by atoms with Gasteiger partial charge in [-0.15, -0.1) is 24.8 Å². The lowest BCUT2D eigenvalue weighted by Gasteiger charge is -2.36. The van der Waals surface area contributed by atoms with E-state index in [2.05, 4.69) is 24.1 Å². The van der Waals surface area contributed by atoms with Crippen LogP contribution in [0.25, 0.3) is 0 Å². The Morgan fingerprint density at radius 1 is 1.26 bits per heavy atom. The van der Waals surface area contributed by atoms with E-state index in [1.807, 2.05) is 24.0 Å². The predicted molar refractivity (Wildman–Crippen MR) is 81.4 cm³/mol. The van der Waals surface area contributed by atoms with Crippen LogP contribution < -0.4 is 5.32 Å². The van der Waals surface area contributed by atoms with Gasteiger partial charge in [0.25, 0.3) is 5.91 Å². The number of hydrogen-bond acceptors (Lipinski definition) is 3. The van der Waals surface area contributed by atoms with Crippen LogP contribution in [0.1, 0.15) is 29.9 Å². The van der Waals surface area contributed by atoms with Gasteiger partial charge in [0.05, 0.1) is 5.56 Å². The fraction of sp³-hybridized carbons (Fsp3) is 0.538. The van der Waals surface area contributed by atoms with Crippen molar-refractivity contribution in [2.75, 3.05) is 13.1 Å². The molecule has 1 amide bonds. The second-order valence-electron chi connectivity index (χ2n) is 4.87. The van der Waals surface area contributed by atoms with Crippen LogP contribution in [0, 0.1) is 6.92 Å². The minimum atomic E-state index is 0. The van der Waals surface area contributed by atoms with Gasteiger partial charge in [-0.05, 0) is 32.9 Å². The molecule has 0 spiro atoms. The molecule has 1 fully saturated rings. The Bertz CT molecular complexity index is 401. The van der Waals surface area contributed by atoms with E-state index in [0.717, 1.165) is 18.8 Å². The van der Waals surface area contributed by atoms with Crippen molar-refractivity contribution < 1.29 is 4.79 Å². The summed E-state index contributed by atoms with van der Waals surface area (Å²) in [5.74, 6) is 0.0812. The van der Waals surface area contributed by atoms with Gasteiger partial charge < -0.3 is 10.2 Å². The summed E-state index contributed by atoms with van der Waals surface area (Å²) in [5.41, 5.74) is 1.61. The summed E-state index contributed by atoms with van der Waals surface area (Å²) >= 11 is 0. The van der Waals surface area contributed by atoms with Crippen LogP contribution in [0.5, 0.6) is 0 Å². The van der Waals surface area contributed by atoms with Gasteiger partial charge in [0, 0.05) is 37.1 Å². The third-order valence-corrected chi connectivity index (χ3v) is 3.00. The molecular weight excluding hydrogens is 285 g/mol. The quantitative estimate of drug-likeness (QED) is 0.864. The van der Waals surface area contributed by atoms with Crippen molar-refractivity contribution in [3.8, 4) is 0 Å². The lowest BCUT2D eigenvalue weighted by atomic mass is 10.1. The summed E-state index contributed by atoms with van der Waals surface area (Å²) in [5, 5.41) is 3.42. The van der Waals surface area contributed by atoms with Gasteiger partial charge in [-0.3, -0.25) is 9.78 Å². The Balaban J connectivity index is 0.00000162. The molecule has 2 unspecified atom stereocenters. The van der Waals surface area contributed by atoms with Crippen LogP contribution in [-0.4, -0.2) is 41.0 Å². The van der Waals surface area contributed by atoms with Crippen LogP contribution in [0.2, 0.25) is 0 Å². The maximum Gasteiger partial charge on any atom is 0.255 e. The maximum absolute atomic E-state index is 12.3. The molecule has 108 valence electrons. The van der Waals surface area contributed by atoms with E-state index in [1.54, 1.807) is 6.20 Å². The second-order valence-corrected chi connectivity index (χ2v) is 4.87. The molecule has 1 N–H and O–H groups in total. The first-order valence-corrected chi connectivity index (χ1v) is 6.04. The molecule has 2 rings (SSSR count). The number of piperazine rings is 1. The number of aryl methyl sites for hydroxylation is 1. The first-order valence-electron chi connectivity index (χ1n) is 6.04. The average Bonchev–Trinajstić information content (AvgIpc) is 2.28. The van der Waals surface area contributed by atoms with Gasteiger partial charge in [-0.1, -0.05) is 0 Å². The molecule has 2 atom stereocenters. The van der Waals surface area contributed by atoms with Crippen molar-refractivity contribution in [2.45, 2.75) is 32.9 Å². The summed E-state index contributed by atoms with van der Waals surface area (Å²) in [6.07, 6.45) is 1.66. The standard InChI is InChI=1S/C13H19N3O.2ClH/c1-9-4-5-12(6-14-9)13(17)16-7-10(2)15-11(3)8-16;;/h4-6,10-11,15H,7-8H2,1-3H3;2*1H. The van der Waals surface area contributed by atoms with Crippen LogP contribution in [0.15, 0.2) is 18.3 Å². The van der Waals surface area contributed by atoms with E-state index >= 15 is 0 Å². The van der Waals surface area contributed by atoms with Gasteiger partial charge in [0.1, 0.15) is 0 Å². The lowest BCUT2D eigenvalue weighted by Crippen LogP contribution is -2.55. The van der Waals surface area contributed by atoms with Crippen molar-refractivity contribution >= 4 is 30.7 Å². The highest BCUT2D eigenvalue weighted by Crippen LogP contribution is 2.10. The highest BCUT2D eigenvalue weighted by Gasteiger charge is 2.25. The molecule has 4 nitrogen and oxygen atoms in total. The number of pyridine rings is 1. The van der Waals surface area contributed by atoms with Crippen molar-refractivity contribution in [3.63, 3.8) is 0 Å². The summed E-state index contributed by atoms with van der Waals surface area (Å²) in [7, 11) is 0. The molecule has 1 aliphatic rings. The SMILES string of the molecule is Cc1ccc(C(=O)N2CC(C)NC(C)C2)cn1.Cl.Cl. The van der Waals surface area contributed by atoms with Crippen molar-refractivity contribution in [1.29, 1.82) is 0 Å². The first kappa shape index (κ1) is 18.2. The van der Waals surface area contributed by atoms with E-state index in [1.165, 1.54) is 0 Å². The average molecular weight is 306 g/mol. The molecule has 1 saturated heterocycles. The number of aromatic nitrogens is 1.